The number of nitrogens with two attached hydrogens (primary N) is 1. The average molecular weight is 271 g/mol. The lowest BCUT2D eigenvalue weighted by Crippen LogP contribution is -2.12. The molecule has 0 bridgehead atoms. The quantitative estimate of drug-likeness (QED) is 0.588. The number of nitrogens with one attached hydrogen (secondary N) is 2. The van der Waals surface area contributed by atoms with Gasteiger partial charge in [0.1, 0.15) is 17.5 Å². The van der Waals surface area contributed by atoms with E-state index in [1.165, 1.54) is 11.1 Å². The Bertz CT molecular complexity index is 607. The van der Waals surface area contributed by atoms with E-state index in [2.05, 4.69) is 54.5 Å². The predicted octanol–water partition coefficient (Wildman–Crippen LogP) is 3.25. The standard InChI is InChI=1S/C15H21N5/c1-9(2)15-18-13(8-14(19-15)20-16)17-12-7-5-6-10(3)11(12)4/h5-9H,16H2,1-4H3,(H2,17,18,19,20). The van der Waals surface area contributed by atoms with Crippen molar-refractivity contribution in [2.75, 3.05) is 10.7 Å². The van der Waals surface area contributed by atoms with Gasteiger partial charge in [-0.3, -0.25) is 0 Å². The van der Waals surface area contributed by atoms with Crippen LogP contribution in [0.2, 0.25) is 0 Å². The number of anilines is 3. The van der Waals surface area contributed by atoms with Gasteiger partial charge in [-0.2, -0.15) is 0 Å². The van der Waals surface area contributed by atoms with Crippen LogP contribution in [0, 0.1) is 13.8 Å². The van der Waals surface area contributed by atoms with Gasteiger partial charge in [0.15, 0.2) is 0 Å². The van der Waals surface area contributed by atoms with Gasteiger partial charge in [-0.25, -0.2) is 15.8 Å². The zero-order valence-electron chi connectivity index (χ0n) is 12.4. The molecule has 0 atom stereocenters. The maximum Gasteiger partial charge on any atom is 0.145 e. The molecule has 1 aromatic carbocycles. The van der Waals surface area contributed by atoms with Gasteiger partial charge in [0.25, 0.3) is 0 Å². The number of benzene rings is 1. The fourth-order valence-corrected chi connectivity index (χ4v) is 1.89. The molecule has 0 aliphatic rings. The molecule has 2 aromatic rings. The Kier molecular flexibility index (Phi) is 4.20. The van der Waals surface area contributed by atoms with E-state index in [-0.39, 0.29) is 5.92 Å². The minimum absolute atomic E-state index is 0.238. The number of rotatable bonds is 4. The number of aromatic nitrogens is 2. The summed E-state index contributed by atoms with van der Waals surface area (Å²) in [6.07, 6.45) is 0. The van der Waals surface area contributed by atoms with Crippen molar-refractivity contribution in [1.29, 1.82) is 0 Å². The zero-order chi connectivity index (χ0) is 14.7. The first-order valence-electron chi connectivity index (χ1n) is 6.70. The van der Waals surface area contributed by atoms with Crippen molar-refractivity contribution in [3.05, 3.63) is 41.2 Å². The van der Waals surface area contributed by atoms with E-state index < -0.39 is 0 Å². The second-order valence-corrected chi connectivity index (χ2v) is 5.17. The van der Waals surface area contributed by atoms with Gasteiger partial charge in [-0.1, -0.05) is 26.0 Å². The maximum atomic E-state index is 5.47. The molecule has 0 unspecified atom stereocenters. The first kappa shape index (κ1) is 14.3. The van der Waals surface area contributed by atoms with Crippen LogP contribution in [0.1, 0.15) is 36.7 Å². The van der Waals surface area contributed by atoms with Crippen LogP contribution < -0.4 is 16.6 Å². The number of aryl methyl sites for hydroxylation is 1. The fraction of sp³-hybridized carbons (Fsp3) is 0.333. The molecule has 0 fully saturated rings. The van der Waals surface area contributed by atoms with Crippen molar-refractivity contribution in [1.82, 2.24) is 9.97 Å². The molecule has 5 nitrogen and oxygen atoms in total. The zero-order valence-corrected chi connectivity index (χ0v) is 12.4. The second-order valence-electron chi connectivity index (χ2n) is 5.17. The predicted molar refractivity (Wildman–Crippen MR) is 83.1 cm³/mol. The van der Waals surface area contributed by atoms with Gasteiger partial charge in [0.2, 0.25) is 0 Å². The molecule has 0 aliphatic carbocycles. The first-order valence-corrected chi connectivity index (χ1v) is 6.70. The summed E-state index contributed by atoms with van der Waals surface area (Å²) in [6, 6.07) is 7.95. The van der Waals surface area contributed by atoms with E-state index in [4.69, 9.17) is 5.84 Å². The lowest BCUT2D eigenvalue weighted by atomic mass is 10.1. The summed E-state index contributed by atoms with van der Waals surface area (Å²) in [4.78, 5) is 8.87. The summed E-state index contributed by atoms with van der Waals surface area (Å²) in [6.45, 7) is 8.28. The van der Waals surface area contributed by atoms with Crippen LogP contribution in [0.3, 0.4) is 0 Å². The molecule has 0 amide bonds. The van der Waals surface area contributed by atoms with Crippen LogP contribution in [-0.2, 0) is 0 Å². The van der Waals surface area contributed by atoms with Crippen LogP contribution in [0.25, 0.3) is 0 Å². The third kappa shape index (κ3) is 3.05. The smallest absolute Gasteiger partial charge is 0.145 e. The molecule has 0 saturated carbocycles. The molecule has 4 N–H and O–H groups in total. The number of hydrazine groups is 1. The Hall–Kier alpha value is -2.14. The Labute approximate surface area is 119 Å². The van der Waals surface area contributed by atoms with Gasteiger partial charge in [0, 0.05) is 17.7 Å². The minimum atomic E-state index is 0.238. The van der Waals surface area contributed by atoms with Gasteiger partial charge >= 0.3 is 0 Å². The summed E-state index contributed by atoms with van der Waals surface area (Å²) in [5, 5.41) is 3.34. The van der Waals surface area contributed by atoms with Crippen molar-refractivity contribution < 1.29 is 0 Å². The summed E-state index contributed by atoms with van der Waals surface area (Å²) in [5.41, 5.74) is 6.08. The number of hydrogen-bond donors (Lipinski definition) is 3. The molecule has 5 heteroatoms. The van der Waals surface area contributed by atoms with Crippen molar-refractivity contribution >= 4 is 17.3 Å². The van der Waals surface area contributed by atoms with Crippen LogP contribution in [-0.4, -0.2) is 9.97 Å². The Balaban J connectivity index is 2.37. The SMILES string of the molecule is Cc1cccc(Nc2cc(NN)nc(C(C)C)n2)c1C. The topological polar surface area (TPSA) is 75.9 Å². The molecule has 0 radical (unpaired) electrons. The molecule has 1 aromatic heterocycles. The van der Waals surface area contributed by atoms with Crippen molar-refractivity contribution in [2.45, 2.75) is 33.6 Å². The highest BCUT2D eigenvalue weighted by Gasteiger charge is 2.09. The Morgan fingerprint density at radius 1 is 1.10 bits per heavy atom. The number of hydrogen-bond acceptors (Lipinski definition) is 5. The largest absolute Gasteiger partial charge is 0.340 e. The lowest BCUT2D eigenvalue weighted by molar-refractivity contribution is 0.777. The third-order valence-electron chi connectivity index (χ3n) is 3.28. The summed E-state index contributed by atoms with van der Waals surface area (Å²) < 4.78 is 0. The van der Waals surface area contributed by atoms with Crippen molar-refractivity contribution in [3.8, 4) is 0 Å². The van der Waals surface area contributed by atoms with Crippen molar-refractivity contribution in [3.63, 3.8) is 0 Å². The third-order valence-corrected chi connectivity index (χ3v) is 3.28. The minimum Gasteiger partial charge on any atom is -0.340 e. The molecular formula is C15H21N5. The van der Waals surface area contributed by atoms with Crippen molar-refractivity contribution in [2.24, 2.45) is 5.84 Å². The van der Waals surface area contributed by atoms with E-state index in [0.717, 1.165) is 17.3 Å². The molecule has 106 valence electrons. The van der Waals surface area contributed by atoms with Crippen LogP contribution in [0.4, 0.5) is 17.3 Å². The summed E-state index contributed by atoms with van der Waals surface area (Å²) >= 11 is 0. The van der Waals surface area contributed by atoms with Gasteiger partial charge in [-0.05, 0) is 31.0 Å². The molecule has 2 rings (SSSR count). The highest BCUT2D eigenvalue weighted by atomic mass is 15.3. The van der Waals surface area contributed by atoms with E-state index in [9.17, 15) is 0 Å². The summed E-state index contributed by atoms with van der Waals surface area (Å²) in [5.74, 6) is 7.81. The van der Waals surface area contributed by atoms with E-state index >= 15 is 0 Å². The monoisotopic (exact) mass is 271 g/mol. The lowest BCUT2D eigenvalue weighted by Gasteiger charge is -2.13. The van der Waals surface area contributed by atoms with Crippen LogP contribution in [0.15, 0.2) is 24.3 Å². The van der Waals surface area contributed by atoms with Gasteiger partial charge < -0.3 is 10.7 Å². The van der Waals surface area contributed by atoms with Crippen LogP contribution in [0.5, 0.6) is 0 Å². The highest BCUT2D eigenvalue weighted by Crippen LogP contribution is 2.24. The summed E-state index contributed by atoms with van der Waals surface area (Å²) in [7, 11) is 0. The fourth-order valence-electron chi connectivity index (χ4n) is 1.89. The molecular weight excluding hydrogens is 250 g/mol. The van der Waals surface area contributed by atoms with Gasteiger partial charge in [-0.15, -0.1) is 0 Å². The Morgan fingerprint density at radius 3 is 2.45 bits per heavy atom. The maximum absolute atomic E-state index is 5.47. The normalized spacial score (nSPS) is 10.7. The van der Waals surface area contributed by atoms with E-state index in [1.54, 1.807) is 6.07 Å². The molecule has 20 heavy (non-hydrogen) atoms. The van der Waals surface area contributed by atoms with E-state index in [1.807, 2.05) is 12.1 Å². The van der Waals surface area contributed by atoms with Crippen LogP contribution >= 0.6 is 0 Å². The molecule has 0 spiro atoms. The molecule has 1 heterocycles. The molecule has 0 aliphatic heterocycles. The van der Waals surface area contributed by atoms with Gasteiger partial charge in [0.05, 0.1) is 0 Å². The Morgan fingerprint density at radius 2 is 1.80 bits per heavy atom. The average Bonchev–Trinajstić information content (AvgIpc) is 2.43. The van der Waals surface area contributed by atoms with E-state index in [0.29, 0.717) is 5.82 Å². The second kappa shape index (κ2) is 5.88. The highest BCUT2D eigenvalue weighted by molar-refractivity contribution is 5.63. The number of nitrogen functional groups attached to an aromatic ring is 1. The molecule has 0 saturated heterocycles. The number of nitrogens with zero attached hydrogens (tertiary/aromatic N) is 2. The first-order chi connectivity index (χ1) is 9.51.